The molecule has 0 aliphatic heterocycles. The van der Waals surface area contributed by atoms with E-state index in [0.29, 0.717) is 29.4 Å². The summed E-state index contributed by atoms with van der Waals surface area (Å²) in [7, 11) is -2.23. The molecule has 0 N–H and O–H groups in total. The second-order valence-corrected chi connectivity index (χ2v) is 9.08. The van der Waals surface area contributed by atoms with E-state index in [4.69, 9.17) is 9.26 Å². The lowest BCUT2D eigenvalue weighted by molar-refractivity contribution is 0.340. The maximum atomic E-state index is 13.5. The largest absolute Gasteiger partial charge is 0.494 e. The number of sulfonamides is 1. The Morgan fingerprint density at radius 1 is 1.10 bits per heavy atom. The molecule has 0 saturated carbocycles. The molecule has 3 rings (SSSR count). The molecule has 0 fully saturated rings. The molecular weight excluding hydrogens is 388 g/mol. The van der Waals surface area contributed by atoms with Crippen molar-refractivity contribution in [2.45, 2.75) is 38.5 Å². The van der Waals surface area contributed by atoms with Gasteiger partial charge in [-0.1, -0.05) is 31.1 Å². The molecule has 0 atom stereocenters. The van der Waals surface area contributed by atoms with Gasteiger partial charge in [0, 0.05) is 18.7 Å². The van der Waals surface area contributed by atoms with Crippen LogP contribution in [0.25, 0.3) is 11.3 Å². The highest BCUT2D eigenvalue weighted by Crippen LogP contribution is 2.33. The van der Waals surface area contributed by atoms with Gasteiger partial charge in [0.2, 0.25) is 0 Å². The van der Waals surface area contributed by atoms with E-state index >= 15 is 0 Å². The van der Waals surface area contributed by atoms with Crippen LogP contribution in [0.1, 0.15) is 37.9 Å². The van der Waals surface area contributed by atoms with Crippen LogP contribution in [0.2, 0.25) is 0 Å². The fourth-order valence-electron chi connectivity index (χ4n) is 3.09. The number of aryl methyl sites for hydroxylation is 1. The number of ether oxygens (including phenoxy) is 1. The summed E-state index contributed by atoms with van der Waals surface area (Å²) in [5.74, 6) is 1.28. The third kappa shape index (κ3) is 4.29. The Morgan fingerprint density at radius 3 is 2.34 bits per heavy atom. The second kappa shape index (κ2) is 8.29. The predicted molar refractivity (Wildman–Crippen MR) is 114 cm³/mol. The fraction of sp³-hybridized carbons (Fsp3) is 0.318. The number of hydrogen-bond acceptors (Lipinski definition) is 5. The molecule has 0 aliphatic carbocycles. The lowest BCUT2D eigenvalue weighted by Gasteiger charge is -2.23. The van der Waals surface area contributed by atoms with Crippen LogP contribution in [-0.2, 0) is 10.0 Å². The minimum absolute atomic E-state index is 0.0408. The summed E-state index contributed by atoms with van der Waals surface area (Å²) >= 11 is 0. The zero-order valence-corrected chi connectivity index (χ0v) is 18.2. The van der Waals surface area contributed by atoms with Crippen LogP contribution >= 0.6 is 0 Å². The van der Waals surface area contributed by atoms with Gasteiger partial charge in [0.1, 0.15) is 5.75 Å². The normalized spacial score (nSPS) is 11.7. The van der Waals surface area contributed by atoms with Crippen molar-refractivity contribution in [1.82, 2.24) is 5.16 Å². The number of anilines is 1. The number of benzene rings is 2. The Morgan fingerprint density at radius 2 is 1.79 bits per heavy atom. The Bertz CT molecular complexity index is 1090. The molecule has 7 heteroatoms. The molecule has 29 heavy (non-hydrogen) atoms. The summed E-state index contributed by atoms with van der Waals surface area (Å²) in [6.45, 7) is 8.24. The molecule has 0 bridgehead atoms. The quantitative estimate of drug-likeness (QED) is 0.544. The molecule has 0 amide bonds. The van der Waals surface area contributed by atoms with Crippen LogP contribution in [-0.4, -0.2) is 27.2 Å². The van der Waals surface area contributed by atoms with Crippen LogP contribution in [0.4, 0.5) is 5.69 Å². The van der Waals surface area contributed by atoms with Gasteiger partial charge in [-0.2, -0.15) is 0 Å². The van der Waals surface area contributed by atoms with E-state index in [0.717, 1.165) is 11.3 Å². The minimum Gasteiger partial charge on any atom is -0.494 e. The van der Waals surface area contributed by atoms with Crippen LogP contribution in [0.3, 0.4) is 0 Å². The lowest BCUT2D eigenvalue weighted by Crippen LogP contribution is -2.27. The van der Waals surface area contributed by atoms with Gasteiger partial charge >= 0.3 is 0 Å². The van der Waals surface area contributed by atoms with Gasteiger partial charge < -0.3 is 9.26 Å². The lowest BCUT2D eigenvalue weighted by atomic mass is 10.0. The number of aromatic nitrogens is 1. The fourth-order valence-corrected chi connectivity index (χ4v) is 4.66. The zero-order valence-electron chi connectivity index (χ0n) is 17.3. The molecule has 1 heterocycles. The average molecular weight is 415 g/mol. The van der Waals surface area contributed by atoms with E-state index < -0.39 is 10.0 Å². The van der Waals surface area contributed by atoms with E-state index in [9.17, 15) is 8.42 Å². The molecule has 0 saturated heterocycles. The minimum atomic E-state index is -3.79. The van der Waals surface area contributed by atoms with Gasteiger partial charge in [0.15, 0.2) is 5.76 Å². The molecule has 0 spiro atoms. The highest BCUT2D eigenvalue weighted by atomic mass is 32.2. The predicted octanol–water partition coefficient (Wildman–Crippen LogP) is 5.00. The van der Waals surface area contributed by atoms with Crippen LogP contribution in [0.15, 0.2) is 57.9 Å². The van der Waals surface area contributed by atoms with Crippen molar-refractivity contribution in [3.05, 3.63) is 59.8 Å². The Kier molecular flexibility index (Phi) is 5.98. The Hall–Kier alpha value is -2.80. The van der Waals surface area contributed by atoms with Crippen LogP contribution in [0, 0.1) is 6.92 Å². The maximum Gasteiger partial charge on any atom is 0.264 e. The molecule has 0 unspecified atom stereocenters. The second-order valence-electron chi connectivity index (χ2n) is 7.14. The van der Waals surface area contributed by atoms with Gasteiger partial charge in [-0.3, -0.25) is 4.31 Å². The Balaban J connectivity index is 2.05. The standard InChI is InChI=1S/C22H26N2O4S/c1-6-27-19-10-8-18(9-11-19)24(5)29(25,26)22-14-17(7-12-20(22)15(2)3)21-13-16(4)23-28-21/h7-15H,6H2,1-5H3. The first-order valence-electron chi connectivity index (χ1n) is 9.53. The first kappa shape index (κ1) is 20.9. The van der Waals surface area contributed by atoms with Crippen molar-refractivity contribution in [2.24, 2.45) is 0 Å². The molecule has 3 aromatic rings. The summed E-state index contributed by atoms with van der Waals surface area (Å²) in [4.78, 5) is 0.260. The van der Waals surface area contributed by atoms with E-state index in [-0.39, 0.29) is 10.8 Å². The van der Waals surface area contributed by atoms with E-state index in [1.165, 1.54) is 4.31 Å². The van der Waals surface area contributed by atoms with Crippen LogP contribution in [0.5, 0.6) is 5.75 Å². The summed E-state index contributed by atoms with van der Waals surface area (Å²) in [5.41, 5.74) is 2.73. The summed E-state index contributed by atoms with van der Waals surface area (Å²) < 4.78 is 39.1. The highest BCUT2D eigenvalue weighted by molar-refractivity contribution is 7.92. The van der Waals surface area contributed by atoms with Crippen molar-refractivity contribution >= 4 is 15.7 Å². The average Bonchev–Trinajstić information content (AvgIpc) is 3.14. The first-order valence-corrected chi connectivity index (χ1v) is 11.0. The highest BCUT2D eigenvalue weighted by Gasteiger charge is 2.26. The molecule has 6 nitrogen and oxygen atoms in total. The first-order chi connectivity index (χ1) is 13.7. The maximum absolute atomic E-state index is 13.5. The third-order valence-electron chi connectivity index (χ3n) is 4.70. The monoisotopic (exact) mass is 414 g/mol. The Labute approximate surface area is 172 Å². The summed E-state index contributed by atoms with van der Waals surface area (Å²) in [6.07, 6.45) is 0. The van der Waals surface area contributed by atoms with Gasteiger partial charge in [-0.15, -0.1) is 0 Å². The smallest absolute Gasteiger partial charge is 0.264 e. The number of nitrogens with zero attached hydrogens (tertiary/aromatic N) is 2. The van der Waals surface area contributed by atoms with Crippen molar-refractivity contribution in [3.63, 3.8) is 0 Å². The van der Waals surface area contributed by atoms with Crippen LogP contribution < -0.4 is 9.04 Å². The molecule has 0 aliphatic rings. The summed E-state index contributed by atoms with van der Waals surface area (Å²) in [6, 6.07) is 14.2. The van der Waals surface area contributed by atoms with Gasteiger partial charge in [0.25, 0.3) is 10.0 Å². The van der Waals surface area contributed by atoms with E-state index in [2.05, 4.69) is 5.16 Å². The number of rotatable bonds is 7. The molecule has 154 valence electrons. The van der Waals surface area contributed by atoms with Crippen molar-refractivity contribution < 1.29 is 17.7 Å². The van der Waals surface area contributed by atoms with E-state index in [1.54, 1.807) is 43.4 Å². The van der Waals surface area contributed by atoms with Gasteiger partial charge in [-0.25, -0.2) is 8.42 Å². The molecular formula is C22H26N2O4S. The SMILES string of the molecule is CCOc1ccc(N(C)S(=O)(=O)c2cc(-c3cc(C)no3)ccc2C(C)C)cc1. The molecule has 0 radical (unpaired) electrons. The van der Waals surface area contributed by atoms with Crippen molar-refractivity contribution in [2.75, 3.05) is 18.0 Å². The summed E-state index contributed by atoms with van der Waals surface area (Å²) in [5, 5.41) is 3.90. The van der Waals surface area contributed by atoms with E-state index in [1.807, 2.05) is 39.8 Å². The van der Waals surface area contributed by atoms with Crippen molar-refractivity contribution in [3.8, 4) is 17.1 Å². The third-order valence-corrected chi connectivity index (χ3v) is 6.54. The van der Waals surface area contributed by atoms with Gasteiger partial charge in [-0.05, 0) is 55.7 Å². The van der Waals surface area contributed by atoms with Gasteiger partial charge in [0.05, 0.1) is 22.9 Å². The van der Waals surface area contributed by atoms with Crippen molar-refractivity contribution in [1.29, 1.82) is 0 Å². The molecule has 2 aromatic carbocycles. The topological polar surface area (TPSA) is 72.6 Å². The zero-order chi connectivity index (χ0) is 21.2. The number of hydrogen-bond donors (Lipinski definition) is 0. The molecule has 1 aromatic heterocycles.